The van der Waals surface area contributed by atoms with Crippen molar-refractivity contribution in [1.29, 1.82) is 0 Å². The fraction of sp³-hybridized carbons (Fsp3) is 0.333. The number of benzene rings is 1. The van der Waals surface area contributed by atoms with Crippen molar-refractivity contribution >= 4 is 5.97 Å². The number of esters is 1. The number of nitrogens with zero attached hydrogens (tertiary/aromatic N) is 1. The lowest BCUT2D eigenvalue weighted by Gasteiger charge is -2.26. The second-order valence-electron chi connectivity index (χ2n) is 5.57. The largest absolute Gasteiger partial charge is 0.483 e. The van der Waals surface area contributed by atoms with Gasteiger partial charge < -0.3 is 9.47 Å². The number of aryl methyl sites for hydroxylation is 1. The summed E-state index contributed by atoms with van der Waals surface area (Å²) in [4.78, 5) is 15.3. The molecular formula is C18H21NO3. The van der Waals surface area contributed by atoms with Crippen LogP contribution in [0.15, 0.2) is 48.8 Å². The molecule has 1 aromatic carbocycles. The first-order valence-electron chi connectivity index (χ1n) is 7.26. The van der Waals surface area contributed by atoms with Crippen molar-refractivity contribution in [2.24, 2.45) is 0 Å². The molecule has 1 aromatic heterocycles. The predicted octanol–water partition coefficient (Wildman–Crippen LogP) is 3.50. The van der Waals surface area contributed by atoms with E-state index in [0.717, 1.165) is 16.9 Å². The second kappa shape index (κ2) is 7.07. The molecule has 0 N–H and O–H groups in total. The molecule has 0 aliphatic heterocycles. The summed E-state index contributed by atoms with van der Waals surface area (Å²) in [7, 11) is 1.40. The number of carbonyl (C=O) groups is 1. The minimum atomic E-state index is -0.457. The predicted molar refractivity (Wildman–Crippen MR) is 84.7 cm³/mol. The Morgan fingerprint density at radius 2 is 1.91 bits per heavy atom. The van der Waals surface area contributed by atoms with Crippen molar-refractivity contribution in [3.63, 3.8) is 0 Å². The van der Waals surface area contributed by atoms with Crippen LogP contribution in [0.25, 0.3) is 0 Å². The molecule has 2 rings (SSSR count). The van der Waals surface area contributed by atoms with Gasteiger partial charge in [-0.05, 0) is 44.0 Å². The van der Waals surface area contributed by atoms with Crippen molar-refractivity contribution in [1.82, 2.24) is 4.98 Å². The van der Waals surface area contributed by atoms with E-state index >= 15 is 0 Å². The van der Waals surface area contributed by atoms with Gasteiger partial charge in [-0.2, -0.15) is 0 Å². The molecule has 4 nitrogen and oxygen atoms in total. The molecule has 0 aliphatic rings. The first-order valence-corrected chi connectivity index (χ1v) is 7.26. The number of pyridine rings is 1. The van der Waals surface area contributed by atoms with Crippen LogP contribution in [0.5, 0.6) is 5.75 Å². The zero-order chi connectivity index (χ0) is 16.0. The fourth-order valence-corrected chi connectivity index (χ4v) is 2.15. The summed E-state index contributed by atoms with van der Waals surface area (Å²) >= 11 is 0. The molecule has 116 valence electrons. The molecule has 0 saturated heterocycles. The van der Waals surface area contributed by atoms with Crippen molar-refractivity contribution in [3.05, 3.63) is 59.9 Å². The van der Waals surface area contributed by atoms with Crippen LogP contribution in [0.2, 0.25) is 0 Å². The summed E-state index contributed by atoms with van der Waals surface area (Å²) < 4.78 is 10.7. The Bertz CT molecular complexity index is 606. The summed E-state index contributed by atoms with van der Waals surface area (Å²) in [6.45, 7) is 4.02. The zero-order valence-corrected chi connectivity index (χ0v) is 13.2. The summed E-state index contributed by atoms with van der Waals surface area (Å²) in [5, 5.41) is 0. The van der Waals surface area contributed by atoms with E-state index in [0.29, 0.717) is 12.8 Å². The van der Waals surface area contributed by atoms with Crippen LogP contribution in [0.1, 0.15) is 31.4 Å². The summed E-state index contributed by atoms with van der Waals surface area (Å²) in [6.07, 6.45) is 4.61. The minimum absolute atomic E-state index is 0.196. The van der Waals surface area contributed by atoms with Crippen LogP contribution in [0, 0.1) is 0 Å². The van der Waals surface area contributed by atoms with Gasteiger partial charge in [0.2, 0.25) is 0 Å². The molecular weight excluding hydrogens is 278 g/mol. The van der Waals surface area contributed by atoms with E-state index in [9.17, 15) is 4.79 Å². The lowest BCUT2D eigenvalue weighted by Crippen LogP contribution is -2.25. The third-order valence-corrected chi connectivity index (χ3v) is 3.50. The molecule has 0 atom stereocenters. The molecule has 0 unspecified atom stereocenters. The molecule has 22 heavy (non-hydrogen) atoms. The highest BCUT2D eigenvalue weighted by atomic mass is 16.5. The van der Waals surface area contributed by atoms with Gasteiger partial charge in [-0.1, -0.05) is 18.2 Å². The van der Waals surface area contributed by atoms with E-state index in [1.165, 1.54) is 7.11 Å². The molecule has 2 aromatic rings. The van der Waals surface area contributed by atoms with Crippen molar-refractivity contribution in [2.75, 3.05) is 7.11 Å². The van der Waals surface area contributed by atoms with E-state index in [1.807, 2.05) is 56.4 Å². The van der Waals surface area contributed by atoms with Gasteiger partial charge in [0.15, 0.2) is 0 Å². The first-order chi connectivity index (χ1) is 10.5. The highest BCUT2D eigenvalue weighted by Gasteiger charge is 2.22. The standard InChI is InChI=1S/C18H21NO3/c1-18(2,15-5-4-12-19-13-15)22-16-9-6-14(7-10-16)8-11-17(20)21-3/h4-7,9-10,12-13H,8,11H2,1-3H3. The van der Waals surface area contributed by atoms with Crippen LogP contribution in [-0.2, 0) is 21.6 Å². The smallest absolute Gasteiger partial charge is 0.305 e. The van der Waals surface area contributed by atoms with E-state index in [4.69, 9.17) is 4.74 Å². The minimum Gasteiger partial charge on any atom is -0.483 e. The van der Waals surface area contributed by atoms with Crippen molar-refractivity contribution in [3.8, 4) is 5.75 Å². The topological polar surface area (TPSA) is 48.4 Å². The van der Waals surface area contributed by atoms with Gasteiger partial charge in [0.25, 0.3) is 0 Å². The lowest BCUT2D eigenvalue weighted by atomic mass is 10.00. The average Bonchev–Trinajstić information content (AvgIpc) is 2.54. The van der Waals surface area contributed by atoms with Crippen LogP contribution in [-0.4, -0.2) is 18.1 Å². The van der Waals surface area contributed by atoms with Crippen LogP contribution in [0.4, 0.5) is 0 Å². The Morgan fingerprint density at radius 3 is 2.50 bits per heavy atom. The van der Waals surface area contributed by atoms with Gasteiger partial charge in [-0.3, -0.25) is 9.78 Å². The Labute approximate surface area is 131 Å². The maximum absolute atomic E-state index is 11.1. The van der Waals surface area contributed by atoms with Gasteiger partial charge in [0, 0.05) is 24.4 Å². The highest BCUT2D eigenvalue weighted by molar-refractivity contribution is 5.69. The van der Waals surface area contributed by atoms with Gasteiger partial charge in [-0.25, -0.2) is 0 Å². The molecule has 4 heteroatoms. The fourth-order valence-electron chi connectivity index (χ4n) is 2.15. The van der Waals surface area contributed by atoms with Gasteiger partial charge in [0.05, 0.1) is 7.11 Å². The normalized spacial score (nSPS) is 11.0. The third-order valence-electron chi connectivity index (χ3n) is 3.50. The Morgan fingerprint density at radius 1 is 1.18 bits per heavy atom. The summed E-state index contributed by atoms with van der Waals surface area (Å²) in [6, 6.07) is 11.7. The molecule has 0 aliphatic carbocycles. The quantitative estimate of drug-likeness (QED) is 0.766. The number of carbonyl (C=O) groups excluding carboxylic acids is 1. The second-order valence-corrected chi connectivity index (χ2v) is 5.57. The maximum Gasteiger partial charge on any atom is 0.305 e. The van der Waals surface area contributed by atoms with E-state index in [1.54, 1.807) is 6.20 Å². The van der Waals surface area contributed by atoms with Gasteiger partial charge in [0.1, 0.15) is 11.4 Å². The zero-order valence-electron chi connectivity index (χ0n) is 13.2. The molecule has 0 spiro atoms. The van der Waals surface area contributed by atoms with E-state index in [-0.39, 0.29) is 5.97 Å². The summed E-state index contributed by atoms with van der Waals surface area (Å²) in [5.41, 5.74) is 1.64. The van der Waals surface area contributed by atoms with E-state index in [2.05, 4.69) is 9.72 Å². The number of ether oxygens (including phenoxy) is 2. The molecule has 0 fully saturated rings. The molecule has 1 heterocycles. The van der Waals surface area contributed by atoms with Gasteiger partial charge >= 0.3 is 5.97 Å². The molecule has 0 radical (unpaired) electrons. The Kier molecular flexibility index (Phi) is 5.15. The van der Waals surface area contributed by atoms with E-state index < -0.39 is 5.60 Å². The summed E-state index contributed by atoms with van der Waals surface area (Å²) in [5.74, 6) is 0.591. The van der Waals surface area contributed by atoms with Crippen molar-refractivity contribution < 1.29 is 14.3 Å². The molecule has 0 amide bonds. The Hall–Kier alpha value is -2.36. The maximum atomic E-state index is 11.1. The van der Waals surface area contributed by atoms with Gasteiger partial charge in [-0.15, -0.1) is 0 Å². The number of hydrogen-bond donors (Lipinski definition) is 0. The number of hydrogen-bond acceptors (Lipinski definition) is 4. The lowest BCUT2D eigenvalue weighted by molar-refractivity contribution is -0.140. The first kappa shape index (κ1) is 16.0. The van der Waals surface area contributed by atoms with Crippen LogP contribution >= 0.6 is 0 Å². The molecule has 0 saturated carbocycles. The van der Waals surface area contributed by atoms with Crippen LogP contribution < -0.4 is 4.74 Å². The average molecular weight is 299 g/mol. The molecule has 0 bridgehead atoms. The number of aromatic nitrogens is 1. The van der Waals surface area contributed by atoms with Crippen LogP contribution in [0.3, 0.4) is 0 Å². The highest BCUT2D eigenvalue weighted by Crippen LogP contribution is 2.27. The SMILES string of the molecule is COC(=O)CCc1ccc(OC(C)(C)c2cccnc2)cc1. The Balaban J connectivity index is 2.00. The number of methoxy groups -OCH3 is 1. The third kappa shape index (κ3) is 4.32. The van der Waals surface area contributed by atoms with Crippen molar-refractivity contribution in [2.45, 2.75) is 32.3 Å². The monoisotopic (exact) mass is 299 g/mol. The number of rotatable bonds is 6.